The van der Waals surface area contributed by atoms with E-state index in [4.69, 9.17) is 9.47 Å². The Labute approximate surface area is 68.2 Å². The Morgan fingerprint density at radius 2 is 1.82 bits per heavy atom. The third kappa shape index (κ3) is 2.14. The lowest BCUT2D eigenvalue weighted by Crippen LogP contribution is -2.01. The van der Waals surface area contributed by atoms with E-state index in [1.165, 1.54) is 0 Å². The molecule has 0 unspecified atom stereocenters. The van der Waals surface area contributed by atoms with E-state index >= 15 is 0 Å². The highest BCUT2D eigenvalue weighted by atomic mass is 16.5. The van der Waals surface area contributed by atoms with E-state index in [0.717, 1.165) is 31.2 Å². The monoisotopic (exact) mass is 156 g/mol. The van der Waals surface area contributed by atoms with Crippen molar-refractivity contribution in [2.45, 2.75) is 27.2 Å². The van der Waals surface area contributed by atoms with Gasteiger partial charge in [0.2, 0.25) is 0 Å². The quantitative estimate of drug-likeness (QED) is 0.580. The molecule has 0 amide bonds. The number of allylic oxidation sites excluding steroid dienone is 2. The van der Waals surface area contributed by atoms with Gasteiger partial charge in [0.05, 0.1) is 13.2 Å². The molecule has 0 aromatic rings. The first-order valence-corrected chi connectivity index (χ1v) is 4.18. The first kappa shape index (κ1) is 8.44. The molecule has 2 heteroatoms. The summed E-state index contributed by atoms with van der Waals surface area (Å²) in [5, 5.41) is 0. The molecular weight excluding hydrogens is 140 g/mol. The van der Waals surface area contributed by atoms with Gasteiger partial charge in [-0.25, -0.2) is 0 Å². The van der Waals surface area contributed by atoms with Gasteiger partial charge in [-0.15, -0.1) is 0 Å². The van der Waals surface area contributed by atoms with Crippen LogP contribution >= 0.6 is 0 Å². The number of rotatable bonds is 1. The molecule has 0 spiro atoms. The smallest absolute Gasteiger partial charge is 0.136 e. The van der Waals surface area contributed by atoms with Crippen molar-refractivity contribution in [1.29, 1.82) is 0 Å². The van der Waals surface area contributed by atoms with E-state index < -0.39 is 0 Å². The summed E-state index contributed by atoms with van der Waals surface area (Å²) in [5.74, 6) is 2.41. The van der Waals surface area contributed by atoms with E-state index in [1.807, 2.05) is 6.92 Å². The molecule has 0 bridgehead atoms. The van der Waals surface area contributed by atoms with Crippen molar-refractivity contribution in [2.75, 3.05) is 13.2 Å². The lowest BCUT2D eigenvalue weighted by molar-refractivity contribution is 0.186. The molecule has 1 aliphatic rings. The van der Waals surface area contributed by atoms with Gasteiger partial charge in [-0.05, 0) is 6.92 Å². The van der Waals surface area contributed by atoms with Gasteiger partial charge in [0, 0.05) is 12.3 Å². The minimum atomic E-state index is 0.438. The minimum absolute atomic E-state index is 0.438. The molecule has 0 N–H and O–H groups in total. The number of hydrogen-bond acceptors (Lipinski definition) is 2. The standard InChI is InChI=1S/C9H16O2/c1-7(2)9-8(3)10-5-4-6-11-9/h7H,4-6H2,1-3H3. The molecule has 0 saturated heterocycles. The van der Waals surface area contributed by atoms with Gasteiger partial charge < -0.3 is 9.47 Å². The summed E-state index contributed by atoms with van der Waals surface area (Å²) in [6.07, 6.45) is 0.994. The van der Waals surface area contributed by atoms with Crippen LogP contribution in [0.2, 0.25) is 0 Å². The summed E-state index contributed by atoms with van der Waals surface area (Å²) < 4.78 is 11.0. The Morgan fingerprint density at radius 1 is 1.18 bits per heavy atom. The number of hydrogen-bond donors (Lipinski definition) is 0. The maximum atomic E-state index is 5.53. The first-order chi connectivity index (χ1) is 5.22. The zero-order valence-electron chi connectivity index (χ0n) is 7.52. The Bertz CT molecular complexity index is 159. The van der Waals surface area contributed by atoms with Crippen LogP contribution < -0.4 is 0 Å². The molecule has 0 saturated carbocycles. The van der Waals surface area contributed by atoms with Crippen LogP contribution in [0.25, 0.3) is 0 Å². The molecule has 0 aromatic carbocycles. The summed E-state index contributed by atoms with van der Waals surface area (Å²) in [6.45, 7) is 7.80. The Morgan fingerprint density at radius 3 is 2.45 bits per heavy atom. The molecule has 2 nitrogen and oxygen atoms in total. The normalized spacial score (nSPS) is 19.3. The molecule has 0 radical (unpaired) electrons. The first-order valence-electron chi connectivity index (χ1n) is 4.18. The SMILES string of the molecule is CC1=C(C(C)C)OCCCO1. The zero-order valence-corrected chi connectivity index (χ0v) is 7.52. The third-order valence-electron chi connectivity index (χ3n) is 1.74. The second kappa shape index (κ2) is 3.65. The number of ether oxygens (including phenoxy) is 2. The summed E-state index contributed by atoms with van der Waals surface area (Å²) in [7, 11) is 0. The lowest BCUT2D eigenvalue weighted by Gasteiger charge is -2.12. The maximum absolute atomic E-state index is 5.53. The molecule has 1 rings (SSSR count). The van der Waals surface area contributed by atoms with Crippen molar-refractivity contribution in [3.63, 3.8) is 0 Å². The summed E-state index contributed by atoms with van der Waals surface area (Å²) in [4.78, 5) is 0. The van der Waals surface area contributed by atoms with Crippen LogP contribution in [0, 0.1) is 5.92 Å². The Hall–Kier alpha value is -0.660. The van der Waals surface area contributed by atoms with Gasteiger partial charge in [0.15, 0.2) is 0 Å². The molecule has 11 heavy (non-hydrogen) atoms. The molecule has 0 aliphatic carbocycles. The van der Waals surface area contributed by atoms with Crippen LogP contribution in [0.3, 0.4) is 0 Å². The highest BCUT2D eigenvalue weighted by Crippen LogP contribution is 2.19. The van der Waals surface area contributed by atoms with Crippen molar-refractivity contribution >= 4 is 0 Å². The van der Waals surface area contributed by atoms with Crippen LogP contribution in [0.4, 0.5) is 0 Å². The lowest BCUT2D eigenvalue weighted by atomic mass is 10.1. The van der Waals surface area contributed by atoms with Gasteiger partial charge in [0.1, 0.15) is 11.5 Å². The summed E-state index contributed by atoms with van der Waals surface area (Å²) in [6, 6.07) is 0. The minimum Gasteiger partial charge on any atom is -0.495 e. The van der Waals surface area contributed by atoms with Gasteiger partial charge in [-0.1, -0.05) is 13.8 Å². The van der Waals surface area contributed by atoms with Crippen LogP contribution in [0.5, 0.6) is 0 Å². The van der Waals surface area contributed by atoms with Gasteiger partial charge in [-0.3, -0.25) is 0 Å². The van der Waals surface area contributed by atoms with E-state index in [9.17, 15) is 0 Å². The maximum Gasteiger partial charge on any atom is 0.136 e. The fourth-order valence-electron chi connectivity index (χ4n) is 1.21. The molecule has 64 valence electrons. The van der Waals surface area contributed by atoms with Crippen molar-refractivity contribution in [1.82, 2.24) is 0 Å². The van der Waals surface area contributed by atoms with Gasteiger partial charge in [0.25, 0.3) is 0 Å². The van der Waals surface area contributed by atoms with Crippen molar-refractivity contribution in [3.8, 4) is 0 Å². The highest BCUT2D eigenvalue weighted by molar-refractivity contribution is 5.02. The van der Waals surface area contributed by atoms with Crippen molar-refractivity contribution in [3.05, 3.63) is 11.5 Å². The molecule has 0 fully saturated rings. The molecule has 1 heterocycles. The summed E-state index contributed by atoms with van der Waals surface area (Å²) >= 11 is 0. The predicted octanol–water partition coefficient (Wildman–Crippen LogP) is 2.31. The van der Waals surface area contributed by atoms with Crippen molar-refractivity contribution < 1.29 is 9.47 Å². The van der Waals surface area contributed by atoms with E-state index in [1.54, 1.807) is 0 Å². The van der Waals surface area contributed by atoms with Crippen LogP contribution in [-0.2, 0) is 9.47 Å². The fourth-order valence-corrected chi connectivity index (χ4v) is 1.21. The van der Waals surface area contributed by atoms with Crippen molar-refractivity contribution in [2.24, 2.45) is 5.92 Å². The topological polar surface area (TPSA) is 18.5 Å². The van der Waals surface area contributed by atoms with E-state index in [0.29, 0.717) is 5.92 Å². The third-order valence-corrected chi connectivity index (χ3v) is 1.74. The Balaban J connectivity index is 2.68. The molecular formula is C9H16O2. The Kier molecular flexibility index (Phi) is 2.80. The second-order valence-corrected chi connectivity index (χ2v) is 3.13. The summed E-state index contributed by atoms with van der Waals surface area (Å²) in [5.41, 5.74) is 0. The van der Waals surface area contributed by atoms with Crippen LogP contribution in [0.15, 0.2) is 11.5 Å². The van der Waals surface area contributed by atoms with E-state index in [-0.39, 0.29) is 0 Å². The largest absolute Gasteiger partial charge is 0.495 e. The predicted molar refractivity (Wildman–Crippen MR) is 44.1 cm³/mol. The molecule has 1 aliphatic heterocycles. The second-order valence-electron chi connectivity index (χ2n) is 3.13. The highest BCUT2D eigenvalue weighted by Gasteiger charge is 2.12. The van der Waals surface area contributed by atoms with Crippen LogP contribution in [-0.4, -0.2) is 13.2 Å². The average Bonchev–Trinajstić information content (AvgIpc) is 2.13. The molecule has 0 aromatic heterocycles. The van der Waals surface area contributed by atoms with Gasteiger partial charge in [-0.2, -0.15) is 0 Å². The van der Waals surface area contributed by atoms with Crippen LogP contribution in [0.1, 0.15) is 27.2 Å². The zero-order chi connectivity index (χ0) is 8.27. The average molecular weight is 156 g/mol. The van der Waals surface area contributed by atoms with Gasteiger partial charge >= 0.3 is 0 Å². The fraction of sp³-hybridized carbons (Fsp3) is 0.778. The van der Waals surface area contributed by atoms with E-state index in [2.05, 4.69) is 13.8 Å². The molecule has 0 atom stereocenters.